The molecule has 0 saturated heterocycles. The second-order valence-electron chi connectivity index (χ2n) is 5.63. The standard InChI is InChI=1S/C14H28N4O2/c15-8-13(19)18-10-14(20)17-9-11-4-2-1-3-5-12(16)7-6-11/h11-12H,1-10,15-16H2,(H,17,20)(H,18,19). The van der Waals surface area contributed by atoms with Crippen molar-refractivity contribution in [2.24, 2.45) is 17.4 Å². The first-order chi connectivity index (χ1) is 9.61. The quantitative estimate of drug-likeness (QED) is 0.563. The minimum absolute atomic E-state index is 0.00225. The highest BCUT2D eigenvalue weighted by molar-refractivity contribution is 5.85. The van der Waals surface area contributed by atoms with E-state index in [9.17, 15) is 9.59 Å². The summed E-state index contributed by atoms with van der Waals surface area (Å²) in [5, 5.41) is 5.34. The average molecular weight is 284 g/mol. The number of carbonyl (C=O) groups is 2. The molecule has 0 radical (unpaired) electrons. The Labute approximate surface area is 121 Å². The number of hydrogen-bond acceptors (Lipinski definition) is 4. The predicted octanol–water partition coefficient (Wildman–Crippen LogP) is -0.135. The third-order valence-electron chi connectivity index (χ3n) is 3.85. The maximum Gasteiger partial charge on any atom is 0.239 e. The molecule has 0 aliphatic heterocycles. The van der Waals surface area contributed by atoms with Gasteiger partial charge in [0, 0.05) is 12.6 Å². The molecule has 20 heavy (non-hydrogen) atoms. The highest BCUT2D eigenvalue weighted by Gasteiger charge is 2.15. The zero-order valence-corrected chi connectivity index (χ0v) is 12.2. The van der Waals surface area contributed by atoms with E-state index in [1.165, 1.54) is 19.3 Å². The van der Waals surface area contributed by atoms with E-state index in [-0.39, 0.29) is 24.9 Å². The summed E-state index contributed by atoms with van der Waals surface area (Å²) < 4.78 is 0. The highest BCUT2D eigenvalue weighted by Crippen LogP contribution is 2.20. The zero-order chi connectivity index (χ0) is 14.8. The minimum atomic E-state index is -0.312. The monoisotopic (exact) mass is 284 g/mol. The van der Waals surface area contributed by atoms with E-state index in [0.29, 0.717) is 18.5 Å². The molecule has 1 aliphatic rings. The lowest BCUT2D eigenvalue weighted by atomic mass is 9.96. The van der Waals surface area contributed by atoms with Crippen LogP contribution in [0.1, 0.15) is 44.9 Å². The van der Waals surface area contributed by atoms with Crippen molar-refractivity contribution in [1.29, 1.82) is 0 Å². The van der Waals surface area contributed by atoms with Crippen LogP contribution in [0, 0.1) is 5.92 Å². The van der Waals surface area contributed by atoms with Crippen LogP contribution in [0.2, 0.25) is 0 Å². The van der Waals surface area contributed by atoms with E-state index in [1.54, 1.807) is 0 Å². The summed E-state index contributed by atoms with van der Waals surface area (Å²) in [5.74, 6) is 0.0258. The van der Waals surface area contributed by atoms with Crippen molar-refractivity contribution >= 4 is 11.8 Å². The molecule has 0 aromatic heterocycles. The first kappa shape index (κ1) is 16.9. The van der Waals surface area contributed by atoms with Gasteiger partial charge in [-0.3, -0.25) is 9.59 Å². The third-order valence-corrected chi connectivity index (χ3v) is 3.85. The largest absolute Gasteiger partial charge is 0.354 e. The molecule has 116 valence electrons. The van der Waals surface area contributed by atoms with Crippen LogP contribution in [0.4, 0.5) is 0 Å². The fourth-order valence-electron chi connectivity index (χ4n) is 2.53. The fraction of sp³-hybridized carbons (Fsp3) is 0.857. The molecular formula is C14H28N4O2. The Kier molecular flexibility index (Phi) is 8.22. The number of amides is 2. The summed E-state index contributed by atoms with van der Waals surface area (Å²) >= 11 is 0. The topological polar surface area (TPSA) is 110 Å². The molecule has 2 unspecified atom stereocenters. The summed E-state index contributed by atoms with van der Waals surface area (Å²) in [7, 11) is 0. The van der Waals surface area contributed by atoms with Crippen molar-refractivity contribution in [3.8, 4) is 0 Å². The molecule has 2 atom stereocenters. The van der Waals surface area contributed by atoms with E-state index in [1.807, 2.05) is 0 Å². The molecule has 6 heteroatoms. The van der Waals surface area contributed by atoms with Gasteiger partial charge in [0.1, 0.15) is 0 Å². The maximum atomic E-state index is 11.6. The van der Waals surface area contributed by atoms with E-state index in [4.69, 9.17) is 11.5 Å². The van der Waals surface area contributed by atoms with Crippen LogP contribution < -0.4 is 22.1 Å². The van der Waals surface area contributed by atoms with Gasteiger partial charge in [-0.15, -0.1) is 0 Å². The molecule has 0 heterocycles. The number of rotatable bonds is 5. The van der Waals surface area contributed by atoms with Gasteiger partial charge in [-0.05, 0) is 31.6 Å². The lowest BCUT2D eigenvalue weighted by Gasteiger charge is -2.18. The molecule has 0 aromatic rings. The number of carbonyl (C=O) groups excluding carboxylic acids is 2. The van der Waals surface area contributed by atoms with E-state index >= 15 is 0 Å². The second-order valence-corrected chi connectivity index (χ2v) is 5.63. The Morgan fingerprint density at radius 3 is 2.45 bits per heavy atom. The molecule has 1 rings (SSSR count). The molecule has 2 amide bonds. The molecule has 0 spiro atoms. The first-order valence-electron chi connectivity index (χ1n) is 7.61. The summed E-state index contributed by atoms with van der Waals surface area (Å²) in [6.07, 6.45) is 8.00. The summed E-state index contributed by atoms with van der Waals surface area (Å²) in [6, 6.07) is 0.301. The van der Waals surface area contributed by atoms with Crippen molar-refractivity contribution < 1.29 is 9.59 Å². The van der Waals surface area contributed by atoms with Gasteiger partial charge in [-0.2, -0.15) is 0 Å². The van der Waals surface area contributed by atoms with Crippen LogP contribution in [0.5, 0.6) is 0 Å². The number of nitrogens with one attached hydrogen (secondary N) is 2. The van der Waals surface area contributed by atoms with Gasteiger partial charge in [0.2, 0.25) is 11.8 Å². The van der Waals surface area contributed by atoms with E-state index < -0.39 is 0 Å². The lowest BCUT2D eigenvalue weighted by Crippen LogP contribution is -2.41. The lowest BCUT2D eigenvalue weighted by molar-refractivity contribution is -0.125. The van der Waals surface area contributed by atoms with Crippen molar-refractivity contribution in [2.45, 2.75) is 51.0 Å². The summed E-state index contributed by atoms with van der Waals surface area (Å²) in [4.78, 5) is 22.6. The predicted molar refractivity (Wildman–Crippen MR) is 78.9 cm³/mol. The van der Waals surface area contributed by atoms with Crippen molar-refractivity contribution in [2.75, 3.05) is 19.6 Å². The van der Waals surface area contributed by atoms with Crippen molar-refractivity contribution in [3.63, 3.8) is 0 Å². The summed E-state index contributed by atoms with van der Waals surface area (Å²) in [5.41, 5.74) is 11.2. The molecular weight excluding hydrogens is 256 g/mol. The molecule has 1 aliphatic carbocycles. The molecule has 6 nitrogen and oxygen atoms in total. The third kappa shape index (κ3) is 7.45. The van der Waals surface area contributed by atoms with Gasteiger partial charge in [0.15, 0.2) is 0 Å². The Morgan fingerprint density at radius 1 is 0.950 bits per heavy atom. The smallest absolute Gasteiger partial charge is 0.239 e. The Bertz CT molecular complexity index is 310. The van der Waals surface area contributed by atoms with Crippen LogP contribution in [0.3, 0.4) is 0 Å². The Hall–Kier alpha value is -1.14. The van der Waals surface area contributed by atoms with Gasteiger partial charge >= 0.3 is 0 Å². The molecule has 0 aromatic carbocycles. The van der Waals surface area contributed by atoms with Gasteiger partial charge < -0.3 is 22.1 Å². The second kappa shape index (κ2) is 9.72. The van der Waals surface area contributed by atoms with E-state index in [0.717, 1.165) is 25.7 Å². The van der Waals surface area contributed by atoms with Gasteiger partial charge in [0.25, 0.3) is 0 Å². The minimum Gasteiger partial charge on any atom is -0.354 e. The summed E-state index contributed by atoms with van der Waals surface area (Å²) in [6.45, 7) is 0.583. The van der Waals surface area contributed by atoms with Crippen LogP contribution >= 0.6 is 0 Å². The van der Waals surface area contributed by atoms with Gasteiger partial charge in [0.05, 0.1) is 13.1 Å². The van der Waals surface area contributed by atoms with Crippen molar-refractivity contribution in [1.82, 2.24) is 10.6 Å². The normalized spacial score (nSPS) is 24.1. The Morgan fingerprint density at radius 2 is 1.70 bits per heavy atom. The highest BCUT2D eigenvalue weighted by atomic mass is 16.2. The fourth-order valence-corrected chi connectivity index (χ4v) is 2.53. The number of nitrogens with two attached hydrogens (primary N) is 2. The molecule has 1 saturated carbocycles. The first-order valence-corrected chi connectivity index (χ1v) is 7.61. The van der Waals surface area contributed by atoms with Crippen LogP contribution in [-0.2, 0) is 9.59 Å². The Balaban J connectivity index is 2.23. The maximum absolute atomic E-state index is 11.6. The molecule has 1 fully saturated rings. The SMILES string of the molecule is NCC(=O)NCC(=O)NCC1CCCCCC(N)CC1. The zero-order valence-electron chi connectivity index (χ0n) is 12.2. The molecule has 6 N–H and O–H groups in total. The van der Waals surface area contributed by atoms with Crippen LogP contribution in [0.15, 0.2) is 0 Å². The van der Waals surface area contributed by atoms with Crippen LogP contribution in [-0.4, -0.2) is 37.5 Å². The van der Waals surface area contributed by atoms with Gasteiger partial charge in [-0.25, -0.2) is 0 Å². The van der Waals surface area contributed by atoms with Crippen LogP contribution in [0.25, 0.3) is 0 Å². The van der Waals surface area contributed by atoms with E-state index in [2.05, 4.69) is 10.6 Å². The molecule has 0 bridgehead atoms. The van der Waals surface area contributed by atoms with Crippen molar-refractivity contribution in [3.05, 3.63) is 0 Å². The number of hydrogen-bond donors (Lipinski definition) is 4. The van der Waals surface area contributed by atoms with Gasteiger partial charge in [-0.1, -0.05) is 19.3 Å². The average Bonchev–Trinajstić information content (AvgIpc) is 2.55.